The molecule has 4 heteroatoms. The quantitative estimate of drug-likeness (QED) is 0.832. The lowest BCUT2D eigenvalue weighted by molar-refractivity contribution is 0.428. The van der Waals surface area contributed by atoms with Gasteiger partial charge in [0, 0.05) is 12.1 Å². The third-order valence-corrected chi connectivity index (χ3v) is 5.54. The van der Waals surface area contributed by atoms with Gasteiger partial charge in [-0.25, -0.2) is 8.42 Å². The molecule has 1 aliphatic heterocycles. The Balaban J connectivity index is 1.85. The van der Waals surface area contributed by atoms with Gasteiger partial charge in [-0.1, -0.05) is 30.4 Å². The number of hydrogen-bond donors (Lipinski definition) is 1. The first kappa shape index (κ1) is 11.9. The first-order valence-corrected chi connectivity index (χ1v) is 8.05. The minimum absolute atomic E-state index is 0.0392. The van der Waals surface area contributed by atoms with Gasteiger partial charge in [0.05, 0.1) is 10.6 Å². The SMILES string of the molecule is O=S1(=O)CC(NC2CC=CCC2)c2ccccc21. The van der Waals surface area contributed by atoms with E-state index >= 15 is 0 Å². The Hall–Kier alpha value is -1.13. The summed E-state index contributed by atoms with van der Waals surface area (Å²) >= 11 is 0. The predicted octanol–water partition coefficient (Wildman–Crippen LogP) is 2.21. The smallest absolute Gasteiger partial charge is 0.180 e. The maximum atomic E-state index is 12.1. The van der Waals surface area contributed by atoms with E-state index in [1.807, 2.05) is 12.1 Å². The number of hydrogen-bond acceptors (Lipinski definition) is 3. The van der Waals surface area contributed by atoms with Gasteiger partial charge in [0.25, 0.3) is 0 Å². The van der Waals surface area contributed by atoms with E-state index in [9.17, 15) is 8.42 Å². The molecular formula is C14H17NO2S. The van der Waals surface area contributed by atoms with Crippen LogP contribution in [0.5, 0.6) is 0 Å². The zero-order valence-electron chi connectivity index (χ0n) is 10.2. The molecule has 0 radical (unpaired) electrons. The van der Waals surface area contributed by atoms with E-state index in [2.05, 4.69) is 17.5 Å². The Labute approximate surface area is 108 Å². The minimum Gasteiger partial charge on any atom is -0.306 e. The summed E-state index contributed by atoms with van der Waals surface area (Å²) in [5.74, 6) is 0.201. The summed E-state index contributed by atoms with van der Waals surface area (Å²) in [6.07, 6.45) is 7.54. The van der Waals surface area contributed by atoms with Gasteiger partial charge in [-0.05, 0) is 30.9 Å². The summed E-state index contributed by atoms with van der Waals surface area (Å²) in [6, 6.07) is 7.71. The molecule has 1 heterocycles. The largest absolute Gasteiger partial charge is 0.306 e. The Morgan fingerprint density at radius 3 is 2.78 bits per heavy atom. The molecule has 3 nitrogen and oxygen atoms in total. The molecular weight excluding hydrogens is 246 g/mol. The Morgan fingerprint density at radius 2 is 2.00 bits per heavy atom. The average Bonchev–Trinajstić information content (AvgIpc) is 2.63. The van der Waals surface area contributed by atoms with Gasteiger partial charge >= 0.3 is 0 Å². The summed E-state index contributed by atoms with van der Waals surface area (Å²) in [6.45, 7) is 0. The maximum absolute atomic E-state index is 12.1. The monoisotopic (exact) mass is 263 g/mol. The van der Waals surface area contributed by atoms with Crippen LogP contribution in [0.15, 0.2) is 41.3 Å². The van der Waals surface area contributed by atoms with Crippen LogP contribution in [0.1, 0.15) is 30.9 Å². The molecule has 96 valence electrons. The molecule has 0 saturated heterocycles. The lowest BCUT2D eigenvalue weighted by Crippen LogP contribution is -2.34. The molecule has 1 N–H and O–H groups in total. The maximum Gasteiger partial charge on any atom is 0.180 e. The number of allylic oxidation sites excluding steroid dienone is 1. The molecule has 0 fully saturated rings. The van der Waals surface area contributed by atoms with Gasteiger partial charge in [0.1, 0.15) is 0 Å². The Kier molecular flexibility index (Phi) is 2.99. The standard InChI is InChI=1S/C14H17NO2S/c16-18(17)10-13(12-8-4-5-9-14(12)18)15-11-6-2-1-3-7-11/h1-2,4-5,8-9,11,13,15H,3,6-7,10H2. The van der Waals surface area contributed by atoms with Crippen molar-refractivity contribution in [3.63, 3.8) is 0 Å². The molecule has 2 aliphatic rings. The number of fused-ring (bicyclic) bond motifs is 1. The van der Waals surface area contributed by atoms with Gasteiger partial charge in [0.2, 0.25) is 0 Å². The number of benzene rings is 1. The summed E-state index contributed by atoms with van der Waals surface area (Å²) in [4.78, 5) is 0.508. The fourth-order valence-electron chi connectivity index (χ4n) is 2.82. The van der Waals surface area contributed by atoms with Crippen LogP contribution in [0.4, 0.5) is 0 Å². The van der Waals surface area contributed by atoms with Crippen molar-refractivity contribution in [1.29, 1.82) is 0 Å². The van der Waals surface area contributed by atoms with E-state index < -0.39 is 9.84 Å². The molecule has 0 spiro atoms. The van der Waals surface area contributed by atoms with Crippen LogP contribution >= 0.6 is 0 Å². The third kappa shape index (κ3) is 2.10. The number of sulfone groups is 1. The Morgan fingerprint density at radius 1 is 1.17 bits per heavy atom. The highest BCUT2D eigenvalue weighted by molar-refractivity contribution is 7.91. The van der Waals surface area contributed by atoms with Crippen LogP contribution in [0, 0.1) is 0 Å². The van der Waals surface area contributed by atoms with Crippen LogP contribution in [-0.2, 0) is 9.84 Å². The molecule has 1 aliphatic carbocycles. The minimum atomic E-state index is -3.09. The third-order valence-electron chi connectivity index (χ3n) is 3.72. The number of nitrogens with one attached hydrogen (secondary N) is 1. The molecule has 2 unspecified atom stereocenters. The lowest BCUT2D eigenvalue weighted by atomic mass is 9.99. The highest BCUT2D eigenvalue weighted by atomic mass is 32.2. The van der Waals surface area contributed by atoms with Crippen molar-refractivity contribution in [1.82, 2.24) is 5.32 Å². The van der Waals surface area contributed by atoms with Gasteiger partial charge < -0.3 is 5.32 Å². The van der Waals surface area contributed by atoms with E-state index in [0.29, 0.717) is 10.9 Å². The first-order valence-electron chi connectivity index (χ1n) is 6.39. The van der Waals surface area contributed by atoms with Crippen LogP contribution in [0.3, 0.4) is 0 Å². The summed E-state index contributed by atoms with van der Waals surface area (Å²) in [5, 5.41) is 3.50. The molecule has 0 aromatic heterocycles. The molecule has 2 atom stereocenters. The van der Waals surface area contributed by atoms with E-state index in [0.717, 1.165) is 24.8 Å². The van der Waals surface area contributed by atoms with Crippen LogP contribution < -0.4 is 5.32 Å². The first-order chi connectivity index (χ1) is 8.67. The molecule has 1 aromatic carbocycles. The molecule has 0 amide bonds. The van der Waals surface area contributed by atoms with E-state index in [-0.39, 0.29) is 11.8 Å². The fourth-order valence-corrected chi connectivity index (χ4v) is 4.57. The normalized spacial score (nSPS) is 29.1. The van der Waals surface area contributed by atoms with Crippen molar-refractivity contribution in [2.24, 2.45) is 0 Å². The van der Waals surface area contributed by atoms with Crippen molar-refractivity contribution in [3.8, 4) is 0 Å². The summed E-state index contributed by atoms with van der Waals surface area (Å²) < 4.78 is 24.1. The van der Waals surface area contributed by atoms with Crippen LogP contribution in [0.25, 0.3) is 0 Å². The van der Waals surface area contributed by atoms with E-state index in [1.165, 1.54) is 0 Å². The van der Waals surface area contributed by atoms with Crippen LogP contribution in [-0.4, -0.2) is 20.2 Å². The van der Waals surface area contributed by atoms with E-state index in [4.69, 9.17) is 0 Å². The van der Waals surface area contributed by atoms with Crippen molar-refractivity contribution < 1.29 is 8.42 Å². The fraction of sp³-hybridized carbons (Fsp3) is 0.429. The van der Waals surface area contributed by atoms with Gasteiger partial charge in [0.15, 0.2) is 9.84 Å². The zero-order chi connectivity index (χ0) is 12.6. The average molecular weight is 263 g/mol. The lowest BCUT2D eigenvalue weighted by Gasteiger charge is -2.23. The molecule has 18 heavy (non-hydrogen) atoms. The highest BCUT2D eigenvalue weighted by Crippen LogP contribution is 2.33. The van der Waals surface area contributed by atoms with Gasteiger partial charge in [-0.2, -0.15) is 0 Å². The molecule has 0 saturated carbocycles. The summed E-state index contributed by atoms with van der Waals surface area (Å²) in [7, 11) is -3.09. The Bertz CT molecular complexity index is 577. The van der Waals surface area contributed by atoms with Crippen molar-refractivity contribution in [2.45, 2.75) is 36.2 Å². The van der Waals surface area contributed by atoms with E-state index in [1.54, 1.807) is 12.1 Å². The number of rotatable bonds is 2. The molecule has 0 bridgehead atoms. The van der Waals surface area contributed by atoms with Gasteiger partial charge in [-0.15, -0.1) is 0 Å². The highest BCUT2D eigenvalue weighted by Gasteiger charge is 2.35. The molecule has 1 aromatic rings. The van der Waals surface area contributed by atoms with Crippen molar-refractivity contribution >= 4 is 9.84 Å². The summed E-state index contributed by atoms with van der Waals surface area (Å²) in [5.41, 5.74) is 0.937. The van der Waals surface area contributed by atoms with Crippen molar-refractivity contribution in [2.75, 3.05) is 5.75 Å². The van der Waals surface area contributed by atoms with Gasteiger partial charge in [-0.3, -0.25) is 0 Å². The second kappa shape index (κ2) is 4.52. The zero-order valence-corrected chi connectivity index (χ0v) is 11.0. The topological polar surface area (TPSA) is 46.2 Å². The second-order valence-electron chi connectivity index (χ2n) is 5.02. The predicted molar refractivity (Wildman–Crippen MR) is 71.2 cm³/mol. The van der Waals surface area contributed by atoms with Crippen molar-refractivity contribution in [3.05, 3.63) is 42.0 Å². The molecule has 3 rings (SSSR count). The van der Waals surface area contributed by atoms with Crippen LogP contribution in [0.2, 0.25) is 0 Å². The second-order valence-corrected chi connectivity index (χ2v) is 7.02.